The Morgan fingerprint density at radius 3 is 1.44 bits per heavy atom. The molecule has 16 heavy (non-hydrogen) atoms. The van der Waals surface area contributed by atoms with E-state index in [0.29, 0.717) is 0 Å². The van der Waals surface area contributed by atoms with Crippen molar-refractivity contribution in [3.63, 3.8) is 0 Å². The van der Waals surface area contributed by atoms with E-state index in [4.69, 9.17) is 0 Å². The number of aryl methyl sites for hydroxylation is 2. The van der Waals surface area contributed by atoms with Crippen LogP contribution in [0.4, 0.5) is 0 Å². The van der Waals surface area contributed by atoms with Crippen molar-refractivity contribution in [3.8, 4) is 11.1 Å². The fraction of sp³-hybridized carbons (Fsp3) is 0.167. The largest absolute Gasteiger partial charge is 0.247 e. The van der Waals surface area contributed by atoms with Crippen molar-refractivity contribution in [2.24, 2.45) is 0 Å². The summed E-state index contributed by atoms with van der Waals surface area (Å²) in [6, 6.07) is 8.42. The lowest BCUT2D eigenvalue weighted by Gasteiger charge is -2.00. The van der Waals surface area contributed by atoms with Gasteiger partial charge in [-0.3, -0.25) is 0 Å². The molecule has 2 aromatic heterocycles. The van der Waals surface area contributed by atoms with Crippen molar-refractivity contribution in [2.45, 2.75) is 13.8 Å². The third-order valence-electron chi connectivity index (χ3n) is 2.27. The third-order valence-corrected chi connectivity index (χ3v) is 3.13. The van der Waals surface area contributed by atoms with Crippen LogP contribution in [0.15, 0.2) is 33.5 Å². The number of pyridine rings is 2. The second-order valence-electron chi connectivity index (χ2n) is 3.80. The van der Waals surface area contributed by atoms with E-state index in [9.17, 15) is 0 Å². The minimum Gasteiger partial charge on any atom is -0.203 e. The van der Waals surface area contributed by atoms with Gasteiger partial charge in [-0.25, -0.2) is 9.97 Å². The van der Waals surface area contributed by atoms with Crippen molar-refractivity contribution in [1.29, 1.82) is 0 Å². The Hall–Kier alpha value is -0.740. The molecule has 4 heteroatoms. The van der Waals surface area contributed by atoms with Crippen molar-refractivity contribution in [1.82, 2.24) is 0 Å². The summed E-state index contributed by atoms with van der Waals surface area (Å²) >= 11 is 6.94. The Morgan fingerprint density at radius 2 is 1.12 bits per heavy atom. The number of aromatic nitrogens is 2. The first-order chi connectivity index (χ1) is 7.54. The van der Waals surface area contributed by atoms with Crippen molar-refractivity contribution in [3.05, 3.63) is 44.9 Å². The third kappa shape index (κ3) is 2.68. The van der Waals surface area contributed by atoms with Crippen LogP contribution in [-0.4, -0.2) is 0 Å². The van der Waals surface area contributed by atoms with Crippen molar-refractivity contribution >= 4 is 31.9 Å². The van der Waals surface area contributed by atoms with Crippen LogP contribution in [0.2, 0.25) is 0 Å². The number of aromatic amines is 2. The number of hydrogen-bond donors (Lipinski definition) is 0. The number of nitrogens with one attached hydrogen (secondary N) is 2. The van der Waals surface area contributed by atoms with Crippen molar-refractivity contribution in [2.75, 3.05) is 0 Å². The van der Waals surface area contributed by atoms with Gasteiger partial charge in [-0.05, 0) is 11.1 Å². The molecule has 0 atom stereocenters. The maximum atomic E-state index is 3.47. The van der Waals surface area contributed by atoms with Crippen LogP contribution < -0.4 is 9.97 Å². The summed E-state index contributed by atoms with van der Waals surface area (Å²) in [5, 5.41) is 0. The van der Waals surface area contributed by atoms with Gasteiger partial charge >= 0.3 is 0 Å². The van der Waals surface area contributed by atoms with Gasteiger partial charge in [0.25, 0.3) is 0 Å². The summed E-state index contributed by atoms with van der Waals surface area (Å²) in [7, 11) is 0. The molecule has 2 heterocycles. The Morgan fingerprint density at radius 1 is 0.750 bits per heavy atom. The lowest BCUT2D eigenvalue weighted by molar-refractivity contribution is -0.402. The van der Waals surface area contributed by atoms with Gasteiger partial charge in [0.2, 0.25) is 9.21 Å². The first-order valence-corrected chi connectivity index (χ1v) is 6.52. The van der Waals surface area contributed by atoms with Gasteiger partial charge in [-0.1, -0.05) is 0 Å². The van der Waals surface area contributed by atoms with Crippen molar-refractivity contribution < 1.29 is 9.97 Å². The fourth-order valence-electron chi connectivity index (χ4n) is 1.68. The molecule has 0 radical (unpaired) electrons. The van der Waals surface area contributed by atoms with Crippen LogP contribution >= 0.6 is 31.9 Å². The van der Waals surface area contributed by atoms with Gasteiger partial charge in [0, 0.05) is 70.0 Å². The molecule has 0 fully saturated rings. The summed E-state index contributed by atoms with van der Waals surface area (Å²) < 4.78 is 1.98. The van der Waals surface area contributed by atoms with Gasteiger partial charge in [0.1, 0.15) is 0 Å². The normalized spacial score (nSPS) is 10.5. The van der Waals surface area contributed by atoms with E-state index in [2.05, 4.69) is 66.1 Å². The smallest absolute Gasteiger partial charge is 0.203 e. The Bertz CT molecular complexity index is 449. The van der Waals surface area contributed by atoms with E-state index < -0.39 is 0 Å². The maximum absolute atomic E-state index is 3.47. The first-order valence-electron chi connectivity index (χ1n) is 4.94. The topological polar surface area (TPSA) is 28.3 Å². The summed E-state index contributed by atoms with van der Waals surface area (Å²) in [6.45, 7) is 4.09. The molecule has 0 aliphatic rings. The Kier molecular flexibility index (Phi) is 3.40. The van der Waals surface area contributed by atoms with Gasteiger partial charge < -0.3 is 0 Å². The highest BCUT2D eigenvalue weighted by molar-refractivity contribution is 9.10. The standard InChI is InChI=1S/C12H10Br2N2/c1-7-3-9(5-11(13)15-7)10-4-8(2)16-12(14)6-10/h3-6H,1-2H3/p+2. The second-order valence-corrected chi connectivity index (χ2v) is 5.51. The molecule has 0 bridgehead atoms. The number of H-pyrrole nitrogens is 2. The zero-order valence-corrected chi connectivity index (χ0v) is 12.2. The van der Waals surface area contributed by atoms with E-state index in [-0.39, 0.29) is 0 Å². The molecule has 2 nitrogen and oxygen atoms in total. The van der Waals surface area contributed by atoms with Crippen LogP contribution in [0.1, 0.15) is 11.4 Å². The lowest BCUT2D eigenvalue weighted by atomic mass is 10.1. The molecule has 2 N–H and O–H groups in total. The number of hydrogen-bond acceptors (Lipinski definition) is 0. The van der Waals surface area contributed by atoms with Crippen LogP contribution in [0.25, 0.3) is 11.1 Å². The first kappa shape index (κ1) is 11.7. The Labute approximate surface area is 111 Å². The molecule has 0 spiro atoms. The highest BCUT2D eigenvalue weighted by atomic mass is 79.9. The quantitative estimate of drug-likeness (QED) is 0.712. The molecular formula is C12H12Br2N2+2. The molecule has 0 aliphatic carbocycles. The molecule has 0 aromatic carbocycles. The average Bonchev–Trinajstić information content (AvgIpc) is 2.14. The molecule has 82 valence electrons. The minimum absolute atomic E-state index is 0.990. The summed E-state index contributed by atoms with van der Waals surface area (Å²) in [5.41, 5.74) is 4.65. The van der Waals surface area contributed by atoms with Crippen LogP contribution in [0.5, 0.6) is 0 Å². The SMILES string of the molecule is Cc1cc(-c2cc(C)[nH+]c(Br)c2)cc(Br)[nH+]1. The highest BCUT2D eigenvalue weighted by Crippen LogP contribution is 2.23. The van der Waals surface area contributed by atoms with Crippen LogP contribution in [0, 0.1) is 13.8 Å². The summed E-state index contributed by atoms with van der Waals surface area (Å²) in [4.78, 5) is 6.41. The van der Waals surface area contributed by atoms with Crippen LogP contribution in [0.3, 0.4) is 0 Å². The molecule has 2 rings (SSSR count). The van der Waals surface area contributed by atoms with Gasteiger partial charge in [-0.2, -0.15) is 0 Å². The molecular weight excluding hydrogens is 332 g/mol. The van der Waals surface area contributed by atoms with Gasteiger partial charge in [0.15, 0.2) is 11.4 Å². The molecule has 0 unspecified atom stereocenters. The number of rotatable bonds is 1. The summed E-state index contributed by atoms with van der Waals surface area (Å²) in [6.07, 6.45) is 0. The van der Waals surface area contributed by atoms with Gasteiger partial charge in [0.05, 0.1) is 0 Å². The molecule has 0 aliphatic heterocycles. The minimum atomic E-state index is 0.990. The van der Waals surface area contributed by atoms with E-state index >= 15 is 0 Å². The monoisotopic (exact) mass is 342 g/mol. The Balaban J connectivity index is 2.57. The number of halogens is 2. The van der Waals surface area contributed by atoms with E-state index in [1.54, 1.807) is 0 Å². The zero-order chi connectivity index (χ0) is 11.7. The lowest BCUT2D eigenvalue weighted by Crippen LogP contribution is -2.10. The second kappa shape index (κ2) is 4.63. The average molecular weight is 344 g/mol. The fourth-order valence-corrected chi connectivity index (χ4v) is 2.80. The molecule has 2 aromatic rings. The summed E-state index contributed by atoms with van der Waals surface area (Å²) in [5.74, 6) is 0. The zero-order valence-electron chi connectivity index (χ0n) is 9.07. The molecule has 0 amide bonds. The van der Waals surface area contributed by atoms with Gasteiger partial charge in [-0.15, -0.1) is 0 Å². The van der Waals surface area contributed by atoms with Crippen LogP contribution in [-0.2, 0) is 0 Å². The maximum Gasteiger partial charge on any atom is 0.247 e. The van der Waals surface area contributed by atoms with E-state index in [1.807, 2.05) is 13.8 Å². The van der Waals surface area contributed by atoms with E-state index in [1.165, 1.54) is 11.1 Å². The highest BCUT2D eigenvalue weighted by Gasteiger charge is 2.09. The predicted octanol–water partition coefficient (Wildman–Crippen LogP) is 3.12. The molecule has 0 saturated heterocycles. The van der Waals surface area contributed by atoms with E-state index in [0.717, 1.165) is 20.6 Å². The molecule has 0 saturated carbocycles. The predicted molar refractivity (Wildman–Crippen MR) is 69.9 cm³/mol.